The van der Waals surface area contributed by atoms with Gasteiger partial charge in [-0.05, 0) is 19.4 Å². The molecule has 0 amide bonds. The molecular weight excluding hydrogens is 797 g/mol. The molecule has 0 bridgehead atoms. The third-order valence-corrected chi connectivity index (χ3v) is 8.25. The molecule has 0 aliphatic carbocycles. The molecule has 0 aliphatic heterocycles. The second-order valence-corrected chi connectivity index (χ2v) is 16.5. The van der Waals surface area contributed by atoms with Crippen LogP contribution >= 0.6 is 0 Å². The molecule has 0 unspecified atom stereocenters. The predicted octanol–water partition coefficient (Wildman–Crippen LogP) is 18.8. The number of ketones is 4. The molecule has 5 rings (SSSR count). The van der Waals surface area contributed by atoms with Gasteiger partial charge in [-0.25, -0.2) is 0 Å². The summed E-state index contributed by atoms with van der Waals surface area (Å²) in [5.74, 6) is 0.749. The summed E-state index contributed by atoms with van der Waals surface area (Å²) in [6.07, 6.45) is 0. The van der Waals surface area contributed by atoms with E-state index in [-0.39, 0.29) is 39.4 Å². The van der Waals surface area contributed by atoms with Gasteiger partial charge in [0.15, 0.2) is 23.1 Å². The maximum atomic E-state index is 12.5. The standard InChI is InChI=1S/C16H16O.3C11H14O.6C2H6/c1-16(2,14-11-7-4-8-12-14)15(17)13-9-5-3-6-10-13;3*1-11(2,3)10(12)9-7-5-4-6-8-9;6*1-2/h3-12H,1-2H3;3*4-8H,1-3H3;6*1-2H3. The summed E-state index contributed by atoms with van der Waals surface area (Å²) >= 11 is 0. The van der Waals surface area contributed by atoms with E-state index in [1.165, 1.54) is 0 Å². The van der Waals surface area contributed by atoms with Crippen LogP contribution in [0.15, 0.2) is 152 Å². The minimum atomic E-state index is -0.484. The highest BCUT2D eigenvalue weighted by Crippen LogP contribution is 2.27. The molecule has 0 aliphatic rings. The zero-order valence-corrected chi connectivity index (χ0v) is 45.6. The molecule has 0 saturated heterocycles. The van der Waals surface area contributed by atoms with Crippen molar-refractivity contribution in [1.29, 1.82) is 0 Å². The SMILES string of the molecule is CC.CC.CC.CC.CC.CC.CC(C)(C(=O)c1ccccc1)c1ccccc1.CC(C)(C)C(=O)c1ccccc1.CC(C)(C)C(=O)c1ccccc1.CC(C)(C)C(=O)c1ccccc1. The van der Waals surface area contributed by atoms with E-state index in [0.29, 0.717) is 0 Å². The monoisotopic (exact) mass is 891 g/mol. The molecule has 0 heterocycles. The number of Topliss-reactive ketones (excluding diaryl/α,β-unsaturated/α-hetero) is 4. The molecule has 0 saturated carbocycles. The molecule has 0 aromatic heterocycles. The van der Waals surface area contributed by atoms with Gasteiger partial charge in [-0.1, -0.05) is 297 Å². The molecule has 5 aromatic carbocycles. The van der Waals surface area contributed by atoms with Crippen LogP contribution in [-0.2, 0) is 5.41 Å². The van der Waals surface area contributed by atoms with Gasteiger partial charge in [-0.3, -0.25) is 19.2 Å². The lowest BCUT2D eigenvalue weighted by molar-refractivity contribution is 0.0852. The van der Waals surface area contributed by atoms with Crippen LogP contribution in [0, 0.1) is 16.2 Å². The van der Waals surface area contributed by atoms with Crippen LogP contribution < -0.4 is 0 Å². The zero-order valence-electron chi connectivity index (χ0n) is 45.6. The molecule has 362 valence electrons. The smallest absolute Gasteiger partial charge is 0.172 e. The van der Waals surface area contributed by atoms with E-state index < -0.39 is 5.41 Å². The molecule has 65 heavy (non-hydrogen) atoms. The lowest BCUT2D eigenvalue weighted by Gasteiger charge is -2.23. The average molecular weight is 891 g/mol. The maximum Gasteiger partial charge on any atom is 0.172 e. The lowest BCUT2D eigenvalue weighted by atomic mass is 9.78. The number of carbonyl (C=O) groups excluding carboxylic acids is 4. The van der Waals surface area contributed by atoms with Crippen molar-refractivity contribution in [2.24, 2.45) is 16.2 Å². The van der Waals surface area contributed by atoms with Gasteiger partial charge in [-0.15, -0.1) is 0 Å². The summed E-state index contributed by atoms with van der Waals surface area (Å²) in [7, 11) is 0. The van der Waals surface area contributed by atoms with Crippen molar-refractivity contribution in [1.82, 2.24) is 0 Å². The number of carbonyl (C=O) groups is 4. The Morgan fingerprint density at radius 1 is 0.246 bits per heavy atom. The molecule has 4 heteroatoms. The maximum absolute atomic E-state index is 12.5. The molecule has 4 nitrogen and oxygen atoms in total. The molecule has 0 N–H and O–H groups in total. The van der Waals surface area contributed by atoms with Gasteiger partial charge >= 0.3 is 0 Å². The van der Waals surface area contributed by atoms with Crippen LogP contribution in [0.2, 0.25) is 0 Å². The first-order chi connectivity index (χ1) is 30.7. The van der Waals surface area contributed by atoms with Crippen LogP contribution in [0.3, 0.4) is 0 Å². The Hall–Kier alpha value is -5.22. The van der Waals surface area contributed by atoms with Gasteiger partial charge in [0.2, 0.25) is 0 Å². The van der Waals surface area contributed by atoms with Gasteiger partial charge in [0.1, 0.15) is 0 Å². The summed E-state index contributed by atoms with van der Waals surface area (Å²) in [6.45, 7) is 45.3. The van der Waals surface area contributed by atoms with E-state index in [4.69, 9.17) is 0 Å². The highest BCUT2D eigenvalue weighted by molar-refractivity contribution is 6.03. The Bertz CT molecular complexity index is 1710. The summed E-state index contributed by atoms with van der Waals surface area (Å²) in [6, 6.07) is 47.6. The molecule has 0 atom stereocenters. The first-order valence-electron chi connectivity index (χ1n) is 24.1. The number of hydrogen-bond donors (Lipinski definition) is 0. The largest absolute Gasteiger partial charge is 0.294 e. The highest BCUT2D eigenvalue weighted by Gasteiger charge is 2.30. The normalized spacial score (nSPS) is 9.71. The minimum Gasteiger partial charge on any atom is -0.294 e. The van der Waals surface area contributed by atoms with E-state index in [1.54, 1.807) is 0 Å². The van der Waals surface area contributed by atoms with Crippen molar-refractivity contribution in [3.05, 3.63) is 179 Å². The van der Waals surface area contributed by atoms with E-state index in [1.807, 2.05) is 311 Å². The number of hydrogen-bond acceptors (Lipinski definition) is 4. The molecule has 5 aromatic rings. The summed E-state index contributed by atoms with van der Waals surface area (Å²) in [4.78, 5) is 47.5. The van der Waals surface area contributed by atoms with E-state index >= 15 is 0 Å². The summed E-state index contributed by atoms with van der Waals surface area (Å²) in [5, 5.41) is 0. The fourth-order valence-electron chi connectivity index (χ4n) is 5.00. The van der Waals surface area contributed by atoms with E-state index in [2.05, 4.69) is 0 Å². The molecular formula is C61H94O4. The first kappa shape index (κ1) is 68.8. The fourth-order valence-corrected chi connectivity index (χ4v) is 5.00. The Kier molecular flexibility index (Phi) is 41.5. The molecule has 0 radical (unpaired) electrons. The van der Waals surface area contributed by atoms with Crippen LogP contribution in [0.4, 0.5) is 0 Å². The number of rotatable bonds is 6. The van der Waals surface area contributed by atoms with Crippen molar-refractivity contribution < 1.29 is 19.2 Å². The van der Waals surface area contributed by atoms with Gasteiger partial charge in [0.25, 0.3) is 0 Å². The fraction of sp³-hybridized carbons (Fsp3) is 0.443. The van der Waals surface area contributed by atoms with Crippen LogP contribution in [-0.4, -0.2) is 23.1 Å². The summed E-state index contributed by atoms with van der Waals surface area (Å²) < 4.78 is 0. The second kappa shape index (κ2) is 39.2. The molecule has 0 fully saturated rings. The lowest BCUT2D eigenvalue weighted by Crippen LogP contribution is -2.28. The van der Waals surface area contributed by atoms with Crippen LogP contribution in [0.1, 0.15) is 206 Å². The van der Waals surface area contributed by atoms with Crippen LogP contribution in [0.5, 0.6) is 0 Å². The zero-order chi connectivity index (χ0) is 51.9. The Balaban J connectivity index is -0.000000230. The highest BCUT2D eigenvalue weighted by atomic mass is 16.1. The van der Waals surface area contributed by atoms with Crippen LogP contribution in [0.25, 0.3) is 0 Å². The summed E-state index contributed by atoms with van der Waals surface area (Å²) in [5.41, 5.74) is 2.89. The van der Waals surface area contributed by atoms with Crippen molar-refractivity contribution in [3.63, 3.8) is 0 Å². The second-order valence-electron chi connectivity index (χ2n) is 16.5. The predicted molar refractivity (Wildman–Crippen MR) is 289 cm³/mol. The molecule has 0 spiro atoms. The van der Waals surface area contributed by atoms with Crippen molar-refractivity contribution in [3.8, 4) is 0 Å². The Labute approximate surface area is 401 Å². The average Bonchev–Trinajstić information content (AvgIpc) is 3.35. The van der Waals surface area contributed by atoms with Gasteiger partial charge in [-0.2, -0.15) is 0 Å². The van der Waals surface area contributed by atoms with Crippen molar-refractivity contribution in [2.45, 2.75) is 165 Å². The third-order valence-electron chi connectivity index (χ3n) is 8.25. The third kappa shape index (κ3) is 29.0. The quantitative estimate of drug-likeness (QED) is 0.159. The van der Waals surface area contributed by atoms with Crippen molar-refractivity contribution in [2.75, 3.05) is 0 Å². The number of benzene rings is 5. The van der Waals surface area contributed by atoms with Gasteiger partial charge in [0, 0.05) is 38.5 Å². The van der Waals surface area contributed by atoms with E-state index in [9.17, 15) is 19.2 Å². The van der Waals surface area contributed by atoms with Crippen molar-refractivity contribution >= 4 is 23.1 Å². The minimum absolute atomic E-state index is 0.157. The van der Waals surface area contributed by atoms with Gasteiger partial charge < -0.3 is 0 Å². The Morgan fingerprint density at radius 3 is 0.569 bits per heavy atom. The van der Waals surface area contributed by atoms with E-state index in [0.717, 1.165) is 27.8 Å². The Morgan fingerprint density at radius 2 is 0.400 bits per heavy atom. The topological polar surface area (TPSA) is 68.3 Å². The van der Waals surface area contributed by atoms with Gasteiger partial charge in [0.05, 0.1) is 5.41 Å². The first-order valence-corrected chi connectivity index (χ1v) is 24.1.